The van der Waals surface area contributed by atoms with Crippen LogP contribution in [0.25, 0.3) is 21.9 Å². The van der Waals surface area contributed by atoms with Gasteiger partial charge in [0.15, 0.2) is 17.4 Å². The van der Waals surface area contributed by atoms with Crippen LogP contribution in [0.2, 0.25) is 0 Å². The van der Waals surface area contributed by atoms with Crippen LogP contribution in [0, 0.1) is 41.1 Å². The Hall–Kier alpha value is -3.07. The molecule has 190 valence electrons. The van der Waals surface area contributed by atoms with E-state index in [1.807, 2.05) is 0 Å². The zero-order chi connectivity index (χ0) is 25.7. The van der Waals surface area contributed by atoms with E-state index in [9.17, 15) is 22.0 Å². The Balaban J connectivity index is 1.47. The van der Waals surface area contributed by atoms with Crippen LogP contribution in [-0.4, -0.2) is 6.61 Å². The van der Waals surface area contributed by atoms with E-state index in [0.717, 1.165) is 24.8 Å². The van der Waals surface area contributed by atoms with Crippen LogP contribution in [0.3, 0.4) is 0 Å². The summed E-state index contributed by atoms with van der Waals surface area (Å²) in [6, 6.07) is 9.75. The molecule has 0 unspecified atom stereocenters. The molecule has 0 heterocycles. The predicted molar refractivity (Wildman–Crippen MR) is 132 cm³/mol. The van der Waals surface area contributed by atoms with Crippen LogP contribution < -0.4 is 4.74 Å². The van der Waals surface area contributed by atoms with Gasteiger partial charge in [0.05, 0.1) is 0 Å². The van der Waals surface area contributed by atoms with Gasteiger partial charge in [0.1, 0.15) is 5.82 Å². The third-order valence-electron chi connectivity index (χ3n) is 6.96. The van der Waals surface area contributed by atoms with Crippen molar-refractivity contribution in [1.82, 2.24) is 0 Å². The second kappa shape index (κ2) is 11.8. The fourth-order valence-corrected chi connectivity index (χ4v) is 4.97. The zero-order valence-electron chi connectivity index (χ0n) is 20.2. The Labute approximate surface area is 208 Å². The highest BCUT2D eigenvalue weighted by atomic mass is 19.3. The Morgan fingerprint density at radius 1 is 0.917 bits per heavy atom. The lowest BCUT2D eigenvalue weighted by Crippen LogP contribution is -2.13. The van der Waals surface area contributed by atoms with Crippen molar-refractivity contribution >= 4 is 10.8 Å². The highest BCUT2D eigenvalue weighted by Gasteiger charge is 2.20. The van der Waals surface area contributed by atoms with Gasteiger partial charge in [-0.1, -0.05) is 62.6 Å². The van der Waals surface area contributed by atoms with Gasteiger partial charge < -0.3 is 4.74 Å². The monoisotopic (exact) mass is 500 g/mol. The summed E-state index contributed by atoms with van der Waals surface area (Å²) < 4.78 is 72.5. The van der Waals surface area contributed by atoms with Gasteiger partial charge >= 0.3 is 6.61 Å². The normalized spacial score (nSPS) is 17.8. The lowest BCUT2D eigenvalue weighted by Gasteiger charge is -2.25. The van der Waals surface area contributed by atoms with E-state index >= 15 is 0 Å². The Morgan fingerprint density at radius 3 is 2.39 bits per heavy atom. The molecule has 4 rings (SSSR count). The van der Waals surface area contributed by atoms with Crippen molar-refractivity contribution in [3.63, 3.8) is 0 Å². The van der Waals surface area contributed by atoms with Gasteiger partial charge in [-0.2, -0.15) is 8.78 Å². The van der Waals surface area contributed by atoms with Gasteiger partial charge in [0.2, 0.25) is 0 Å². The van der Waals surface area contributed by atoms with Gasteiger partial charge in [-0.25, -0.2) is 13.2 Å². The van der Waals surface area contributed by atoms with E-state index in [-0.39, 0.29) is 16.3 Å². The molecule has 6 heteroatoms. The third-order valence-corrected chi connectivity index (χ3v) is 6.96. The third kappa shape index (κ3) is 6.19. The summed E-state index contributed by atoms with van der Waals surface area (Å²) in [4.78, 5) is 0. The molecule has 1 aliphatic rings. The quantitative estimate of drug-likeness (QED) is 0.178. The van der Waals surface area contributed by atoms with Crippen molar-refractivity contribution in [1.29, 1.82) is 0 Å². The first kappa shape index (κ1) is 26.0. The number of fused-ring (bicyclic) bond motifs is 1. The first-order valence-corrected chi connectivity index (χ1v) is 12.5. The standard InChI is InChI=1S/C30H29F5O/c1-2-3-4-5-19-6-8-20(9-7-19)10-11-21-12-14-24(26(31)16-21)22-13-15-25-23(17-22)18-27(32)29(28(25)33)36-30(34)35/h12-20,30H,2-9H2,1H3. The van der Waals surface area contributed by atoms with Crippen molar-refractivity contribution in [2.24, 2.45) is 11.8 Å². The molecule has 1 saturated carbocycles. The Morgan fingerprint density at radius 2 is 1.69 bits per heavy atom. The number of alkyl halides is 2. The molecule has 0 saturated heterocycles. The molecule has 1 aliphatic carbocycles. The van der Waals surface area contributed by atoms with E-state index in [2.05, 4.69) is 23.5 Å². The first-order valence-electron chi connectivity index (χ1n) is 12.5. The van der Waals surface area contributed by atoms with E-state index in [0.29, 0.717) is 17.0 Å². The summed E-state index contributed by atoms with van der Waals surface area (Å²) in [5.41, 5.74) is 1.24. The fourth-order valence-electron chi connectivity index (χ4n) is 4.97. The van der Waals surface area contributed by atoms with Gasteiger partial charge in [-0.15, -0.1) is 0 Å². The number of hydrogen-bond acceptors (Lipinski definition) is 1. The van der Waals surface area contributed by atoms with Gasteiger partial charge in [0.25, 0.3) is 0 Å². The van der Waals surface area contributed by atoms with E-state index in [1.165, 1.54) is 62.8 Å². The van der Waals surface area contributed by atoms with Crippen molar-refractivity contribution in [2.75, 3.05) is 0 Å². The highest BCUT2D eigenvalue weighted by molar-refractivity contribution is 5.89. The average molecular weight is 501 g/mol. The molecule has 1 nitrogen and oxygen atoms in total. The van der Waals surface area contributed by atoms with Crippen LogP contribution in [0.4, 0.5) is 22.0 Å². The zero-order valence-corrected chi connectivity index (χ0v) is 20.2. The Kier molecular flexibility index (Phi) is 8.51. The molecular weight excluding hydrogens is 471 g/mol. The van der Waals surface area contributed by atoms with Crippen molar-refractivity contribution in [3.05, 3.63) is 65.5 Å². The molecule has 0 bridgehead atoms. The summed E-state index contributed by atoms with van der Waals surface area (Å²) in [5, 5.41) is 0.0106. The number of rotatable bonds is 7. The van der Waals surface area contributed by atoms with Crippen LogP contribution in [0.1, 0.15) is 63.9 Å². The minimum absolute atomic E-state index is 0.0984. The van der Waals surface area contributed by atoms with Crippen molar-refractivity contribution < 1.29 is 26.7 Å². The number of ether oxygens (including phenoxy) is 1. The Bertz CT molecular complexity index is 1270. The molecule has 36 heavy (non-hydrogen) atoms. The molecule has 0 N–H and O–H groups in total. The summed E-state index contributed by atoms with van der Waals surface area (Å²) in [6.45, 7) is -1.13. The predicted octanol–water partition coefficient (Wildman–Crippen LogP) is 9.26. The van der Waals surface area contributed by atoms with E-state index in [1.54, 1.807) is 12.1 Å². The van der Waals surface area contributed by atoms with E-state index in [4.69, 9.17) is 0 Å². The molecule has 3 aromatic carbocycles. The number of benzene rings is 3. The van der Waals surface area contributed by atoms with Gasteiger partial charge in [-0.3, -0.25) is 0 Å². The maximum atomic E-state index is 14.9. The number of halogens is 5. The average Bonchev–Trinajstić information content (AvgIpc) is 2.86. The van der Waals surface area contributed by atoms with Crippen molar-refractivity contribution in [2.45, 2.75) is 64.9 Å². The molecule has 1 fully saturated rings. The smallest absolute Gasteiger partial charge is 0.387 e. The molecular formula is C30H29F5O. The number of unbranched alkanes of at least 4 members (excludes halogenated alkanes) is 2. The minimum atomic E-state index is -3.35. The second-order valence-corrected chi connectivity index (χ2v) is 9.49. The van der Waals surface area contributed by atoms with Crippen LogP contribution in [0.5, 0.6) is 5.75 Å². The highest BCUT2D eigenvalue weighted by Crippen LogP contribution is 2.35. The molecule has 3 aromatic rings. The molecule has 0 amide bonds. The van der Waals surface area contributed by atoms with Crippen LogP contribution in [-0.2, 0) is 0 Å². The first-order chi connectivity index (χ1) is 17.4. The maximum Gasteiger partial charge on any atom is 0.387 e. The van der Waals surface area contributed by atoms with Crippen LogP contribution >= 0.6 is 0 Å². The molecule has 0 radical (unpaired) electrons. The van der Waals surface area contributed by atoms with Gasteiger partial charge in [-0.05, 0) is 66.8 Å². The molecule has 0 atom stereocenters. The summed E-state index contributed by atoms with van der Waals surface area (Å²) >= 11 is 0. The largest absolute Gasteiger partial charge is 0.429 e. The fraction of sp³-hybridized carbons (Fsp3) is 0.400. The molecule has 0 spiro atoms. The summed E-state index contributed by atoms with van der Waals surface area (Å²) in [5.74, 6) is 3.43. The lowest BCUT2D eigenvalue weighted by atomic mass is 9.80. The summed E-state index contributed by atoms with van der Waals surface area (Å²) in [6.07, 6.45) is 9.72. The minimum Gasteiger partial charge on any atom is -0.429 e. The van der Waals surface area contributed by atoms with E-state index < -0.39 is 29.8 Å². The summed E-state index contributed by atoms with van der Waals surface area (Å²) in [7, 11) is 0. The molecule has 0 aromatic heterocycles. The second-order valence-electron chi connectivity index (χ2n) is 9.49. The van der Waals surface area contributed by atoms with Gasteiger partial charge in [0, 0.05) is 22.4 Å². The molecule has 0 aliphatic heterocycles. The topological polar surface area (TPSA) is 9.23 Å². The SMILES string of the molecule is CCCCCC1CCC(C#Cc2ccc(-c3ccc4c(F)c(OC(F)F)c(F)cc4c3)c(F)c2)CC1. The number of hydrogen-bond donors (Lipinski definition) is 0. The lowest BCUT2D eigenvalue weighted by molar-refractivity contribution is -0.0544. The van der Waals surface area contributed by atoms with Crippen LogP contribution in [0.15, 0.2) is 42.5 Å². The van der Waals surface area contributed by atoms with Crippen molar-refractivity contribution in [3.8, 4) is 28.7 Å². The maximum absolute atomic E-state index is 14.9.